The van der Waals surface area contributed by atoms with Gasteiger partial charge in [-0.1, -0.05) is 12.1 Å². The van der Waals surface area contributed by atoms with Gasteiger partial charge in [0.25, 0.3) is 0 Å². The summed E-state index contributed by atoms with van der Waals surface area (Å²) in [5, 5.41) is 1.38. The van der Waals surface area contributed by atoms with Crippen molar-refractivity contribution in [3.63, 3.8) is 0 Å². The molecule has 84 valence electrons. The van der Waals surface area contributed by atoms with Crippen molar-refractivity contribution >= 4 is 10.9 Å². The van der Waals surface area contributed by atoms with E-state index in [4.69, 9.17) is 5.73 Å². The van der Waals surface area contributed by atoms with E-state index >= 15 is 0 Å². The van der Waals surface area contributed by atoms with E-state index in [-0.39, 0.29) is 0 Å². The average Bonchev–Trinajstić information content (AvgIpc) is 2.65. The number of fused-ring (bicyclic) bond motifs is 3. The Balaban J connectivity index is 2.26. The summed E-state index contributed by atoms with van der Waals surface area (Å²) in [4.78, 5) is 3.57. The van der Waals surface area contributed by atoms with Gasteiger partial charge in [-0.25, -0.2) is 0 Å². The summed E-state index contributed by atoms with van der Waals surface area (Å²) < 4.78 is 0. The second kappa shape index (κ2) is 3.63. The van der Waals surface area contributed by atoms with Crippen molar-refractivity contribution in [2.75, 3.05) is 6.54 Å². The second-order valence-electron chi connectivity index (χ2n) is 4.89. The van der Waals surface area contributed by atoms with Crippen LogP contribution in [-0.2, 0) is 6.42 Å². The molecule has 2 aromatic rings. The molecule has 1 aromatic heterocycles. The van der Waals surface area contributed by atoms with E-state index in [9.17, 15) is 0 Å². The lowest BCUT2D eigenvalue weighted by Crippen LogP contribution is -2.17. The summed E-state index contributed by atoms with van der Waals surface area (Å²) in [5.74, 6) is 0.556. The zero-order valence-corrected chi connectivity index (χ0v) is 9.72. The SMILES string of the molecule is Cc1ccc2c3c([nH]c2c1)CCCC3CN. The van der Waals surface area contributed by atoms with Crippen LogP contribution in [0.15, 0.2) is 18.2 Å². The van der Waals surface area contributed by atoms with Gasteiger partial charge in [0, 0.05) is 16.6 Å². The molecule has 3 rings (SSSR count). The first kappa shape index (κ1) is 9.91. The van der Waals surface area contributed by atoms with Gasteiger partial charge >= 0.3 is 0 Å². The van der Waals surface area contributed by atoms with Crippen molar-refractivity contribution < 1.29 is 0 Å². The molecule has 1 aliphatic carbocycles. The third kappa shape index (κ3) is 1.37. The van der Waals surface area contributed by atoms with Gasteiger partial charge in [0.05, 0.1) is 0 Å². The maximum Gasteiger partial charge on any atom is 0.0461 e. The summed E-state index contributed by atoms with van der Waals surface area (Å²) in [6, 6.07) is 6.67. The van der Waals surface area contributed by atoms with E-state index in [1.165, 1.54) is 47.0 Å². The Hall–Kier alpha value is -1.28. The molecule has 1 aliphatic rings. The number of benzene rings is 1. The van der Waals surface area contributed by atoms with Crippen molar-refractivity contribution in [2.45, 2.75) is 32.1 Å². The Kier molecular flexibility index (Phi) is 2.25. The highest BCUT2D eigenvalue weighted by Gasteiger charge is 2.23. The monoisotopic (exact) mass is 214 g/mol. The van der Waals surface area contributed by atoms with Gasteiger partial charge in [-0.3, -0.25) is 0 Å². The molecule has 0 aliphatic heterocycles. The lowest BCUT2D eigenvalue weighted by atomic mass is 9.85. The lowest BCUT2D eigenvalue weighted by Gasteiger charge is -2.21. The van der Waals surface area contributed by atoms with E-state index in [1.807, 2.05) is 0 Å². The van der Waals surface area contributed by atoms with Crippen LogP contribution in [-0.4, -0.2) is 11.5 Å². The summed E-state index contributed by atoms with van der Waals surface area (Å²) in [5.41, 5.74) is 11.4. The van der Waals surface area contributed by atoms with Gasteiger partial charge in [-0.2, -0.15) is 0 Å². The summed E-state index contributed by atoms with van der Waals surface area (Å²) in [6.07, 6.45) is 3.69. The fourth-order valence-corrected chi connectivity index (χ4v) is 2.96. The highest BCUT2D eigenvalue weighted by atomic mass is 14.7. The maximum atomic E-state index is 5.88. The molecule has 1 unspecified atom stereocenters. The Labute approximate surface area is 95.8 Å². The normalized spacial score (nSPS) is 20.0. The first-order chi connectivity index (χ1) is 7.79. The largest absolute Gasteiger partial charge is 0.358 e. The Morgan fingerprint density at radius 1 is 1.44 bits per heavy atom. The smallest absolute Gasteiger partial charge is 0.0461 e. The molecule has 1 atom stereocenters. The van der Waals surface area contributed by atoms with E-state index in [2.05, 4.69) is 30.1 Å². The van der Waals surface area contributed by atoms with Gasteiger partial charge in [0.1, 0.15) is 0 Å². The van der Waals surface area contributed by atoms with Crippen LogP contribution in [0.5, 0.6) is 0 Å². The number of hydrogen-bond acceptors (Lipinski definition) is 1. The van der Waals surface area contributed by atoms with Crippen LogP contribution in [0.25, 0.3) is 10.9 Å². The van der Waals surface area contributed by atoms with Crippen LogP contribution in [0, 0.1) is 6.92 Å². The van der Waals surface area contributed by atoms with Gasteiger partial charge in [0.2, 0.25) is 0 Å². The van der Waals surface area contributed by atoms with Gasteiger partial charge in [0.15, 0.2) is 0 Å². The van der Waals surface area contributed by atoms with Gasteiger partial charge in [-0.05, 0) is 55.8 Å². The fourth-order valence-electron chi connectivity index (χ4n) is 2.96. The van der Waals surface area contributed by atoms with E-state index in [1.54, 1.807) is 0 Å². The van der Waals surface area contributed by atoms with Crippen molar-refractivity contribution in [1.29, 1.82) is 0 Å². The average molecular weight is 214 g/mol. The van der Waals surface area contributed by atoms with Crippen LogP contribution < -0.4 is 5.73 Å². The number of aromatic amines is 1. The maximum absolute atomic E-state index is 5.88. The zero-order valence-electron chi connectivity index (χ0n) is 9.72. The minimum absolute atomic E-state index is 0.556. The molecule has 2 heteroatoms. The quantitative estimate of drug-likeness (QED) is 0.753. The molecule has 0 bridgehead atoms. The number of hydrogen-bond donors (Lipinski definition) is 2. The molecule has 0 fully saturated rings. The fraction of sp³-hybridized carbons (Fsp3) is 0.429. The second-order valence-corrected chi connectivity index (χ2v) is 4.89. The molecule has 16 heavy (non-hydrogen) atoms. The third-order valence-corrected chi connectivity index (χ3v) is 3.75. The molecular weight excluding hydrogens is 196 g/mol. The number of nitrogens with one attached hydrogen (secondary N) is 1. The van der Waals surface area contributed by atoms with Gasteiger partial charge < -0.3 is 10.7 Å². The predicted molar refractivity (Wildman–Crippen MR) is 67.8 cm³/mol. The highest BCUT2D eigenvalue weighted by Crippen LogP contribution is 2.36. The first-order valence-electron chi connectivity index (χ1n) is 6.11. The van der Waals surface area contributed by atoms with E-state index in [0.717, 1.165) is 6.54 Å². The topological polar surface area (TPSA) is 41.8 Å². The van der Waals surface area contributed by atoms with Crippen LogP contribution in [0.1, 0.15) is 35.6 Å². The lowest BCUT2D eigenvalue weighted by molar-refractivity contribution is 0.560. The zero-order chi connectivity index (χ0) is 11.1. The van der Waals surface area contributed by atoms with Crippen molar-refractivity contribution in [3.8, 4) is 0 Å². The number of nitrogens with two attached hydrogens (primary N) is 1. The number of aryl methyl sites for hydroxylation is 2. The van der Waals surface area contributed by atoms with Crippen LogP contribution in [0.4, 0.5) is 0 Å². The van der Waals surface area contributed by atoms with Crippen LogP contribution in [0.2, 0.25) is 0 Å². The Morgan fingerprint density at radius 3 is 3.12 bits per heavy atom. The van der Waals surface area contributed by atoms with Gasteiger partial charge in [-0.15, -0.1) is 0 Å². The molecule has 1 aromatic carbocycles. The molecule has 0 amide bonds. The minimum Gasteiger partial charge on any atom is -0.358 e. The van der Waals surface area contributed by atoms with E-state index < -0.39 is 0 Å². The van der Waals surface area contributed by atoms with Crippen molar-refractivity contribution in [2.24, 2.45) is 5.73 Å². The predicted octanol–water partition coefficient (Wildman–Crippen LogP) is 2.85. The van der Waals surface area contributed by atoms with Crippen LogP contribution in [0.3, 0.4) is 0 Å². The number of aromatic nitrogens is 1. The van der Waals surface area contributed by atoms with E-state index in [0.29, 0.717) is 5.92 Å². The van der Waals surface area contributed by atoms with Crippen molar-refractivity contribution in [3.05, 3.63) is 35.0 Å². The van der Waals surface area contributed by atoms with Crippen LogP contribution >= 0.6 is 0 Å². The molecule has 0 spiro atoms. The molecule has 0 saturated heterocycles. The molecule has 0 saturated carbocycles. The number of H-pyrrole nitrogens is 1. The Bertz CT molecular complexity index is 525. The molecule has 0 radical (unpaired) electrons. The standard InChI is InChI=1S/C14H18N2/c1-9-5-6-11-13(7-9)16-12-4-2-3-10(8-15)14(11)12/h5-7,10,16H,2-4,8,15H2,1H3. The highest BCUT2D eigenvalue weighted by molar-refractivity contribution is 5.86. The molecule has 3 N–H and O–H groups in total. The number of rotatable bonds is 1. The minimum atomic E-state index is 0.556. The summed E-state index contributed by atoms with van der Waals surface area (Å²) >= 11 is 0. The first-order valence-corrected chi connectivity index (χ1v) is 6.11. The molecule has 1 heterocycles. The Morgan fingerprint density at radius 2 is 2.31 bits per heavy atom. The summed E-state index contributed by atoms with van der Waals surface area (Å²) in [7, 11) is 0. The molecular formula is C14H18N2. The molecule has 2 nitrogen and oxygen atoms in total. The van der Waals surface area contributed by atoms with Crippen molar-refractivity contribution in [1.82, 2.24) is 4.98 Å². The summed E-state index contributed by atoms with van der Waals surface area (Å²) in [6.45, 7) is 2.91. The third-order valence-electron chi connectivity index (χ3n) is 3.75.